The van der Waals surface area contributed by atoms with Gasteiger partial charge in [-0.05, 0) is 55.1 Å². The molecule has 0 aromatic carbocycles. The lowest BCUT2D eigenvalue weighted by Crippen LogP contribution is -2.46. The molecule has 2 spiro atoms. The lowest BCUT2D eigenvalue weighted by molar-refractivity contribution is -0.157. The van der Waals surface area contributed by atoms with Crippen molar-refractivity contribution >= 4 is 68.4 Å². The number of ketones is 2. The Morgan fingerprint density at radius 3 is 1.75 bits per heavy atom. The minimum absolute atomic E-state index is 0.0807. The second-order valence-electron chi connectivity index (χ2n) is 18.2. The predicted molar refractivity (Wildman–Crippen MR) is 234 cm³/mol. The number of halogens is 1. The summed E-state index contributed by atoms with van der Waals surface area (Å²) < 4.78 is 26.9. The highest BCUT2D eigenvalue weighted by Gasteiger charge is 2.58. The van der Waals surface area contributed by atoms with Crippen molar-refractivity contribution in [2.24, 2.45) is 34.5 Å². The molecule has 2 heterocycles. The van der Waals surface area contributed by atoms with Crippen LogP contribution >= 0.6 is 22.4 Å². The van der Waals surface area contributed by atoms with Gasteiger partial charge >= 0.3 is 29.8 Å². The first-order valence-corrected chi connectivity index (χ1v) is 23.1. The minimum Gasteiger partial charge on any atom is -0.474 e. The van der Waals surface area contributed by atoms with E-state index >= 15 is 0 Å². The molecule has 2 aliphatic carbocycles. The van der Waals surface area contributed by atoms with Crippen molar-refractivity contribution in [1.82, 2.24) is 0 Å². The van der Waals surface area contributed by atoms with Crippen molar-refractivity contribution in [2.45, 2.75) is 190 Å². The van der Waals surface area contributed by atoms with Gasteiger partial charge in [0, 0.05) is 40.0 Å². The van der Waals surface area contributed by atoms with Crippen LogP contribution in [0.5, 0.6) is 0 Å². The molecule has 0 aromatic rings. The normalized spacial score (nSPS) is 27.0. The molecule has 12 nitrogen and oxygen atoms in total. The lowest BCUT2D eigenvalue weighted by Gasteiger charge is -2.38. The molecule has 2 saturated heterocycles. The fraction of sp³-hybridized carbons (Fsp3) is 0.800. The van der Waals surface area contributed by atoms with Gasteiger partial charge in [0.1, 0.15) is 30.2 Å². The van der Waals surface area contributed by atoms with E-state index in [1.54, 1.807) is 6.08 Å². The topological polar surface area (TPSA) is 166 Å². The van der Waals surface area contributed by atoms with Crippen LogP contribution < -0.4 is 0 Å². The van der Waals surface area contributed by atoms with Gasteiger partial charge in [-0.3, -0.25) is 33.6 Å². The third kappa shape index (κ3) is 17.6. The van der Waals surface area contributed by atoms with Crippen LogP contribution in [0.2, 0.25) is 6.32 Å². The number of cyclic esters (lactones) is 2. The quantitative estimate of drug-likeness (QED) is 0.0589. The Labute approximate surface area is 367 Å². The summed E-state index contributed by atoms with van der Waals surface area (Å²) in [5.41, 5.74) is -1.67. The molecule has 4 rings (SSSR count). The van der Waals surface area contributed by atoms with Crippen LogP contribution in [0.25, 0.3) is 0 Å². The SMILES string of the molecule is CC(=O)O[C@@H]1C=CC(=O)C2(CC(=O)O[C@@H]2CC(C)CCCC(C)C)C1.CC(=O)O[C@@H]1CCC(=O)C2(CC(=O)O[C@@H]2CC(C)CCCC(C)C)C1.CCB(I)COC(C)=O. The average Bonchev–Trinajstić information content (AvgIpc) is 3.60. The summed E-state index contributed by atoms with van der Waals surface area (Å²) in [5, 5.41) is 0. The van der Waals surface area contributed by atoms with Gasteiger partial charge in [-0.15, -0.1) is 22.4 Å². The number of ether oxygens (including phenoxy) is 5. The van der Waals surface area contributed by atoms with E-state index in [-0.39, 0.29) is 66.5 Å². The van der Waals surface area contributed by atoms with E-state index in [2.05, 4.69) is 70.8 Å². The number of hydrogen-bond acceptors (Lipinski definition) is 12. The summed E-state index contributed by atoms with van der Waals surface area (Å²) >= 11 is 2.26. The van der Waals surface area contributed by atoms with Gasteiger partial charge < -0.3 is 23.7 Å². The number of allylic oxidation sites excluding steroid dienone is 1. The molecule has 3 fully saturated rings. The summed E-state index contributed by atoms with van der Waals surface area (Å²) in [4.78, 5) is 82.1. The van der Waals surface area contributed by atoms with Gasteiger partial charge in [0.2, 0.25) is 0 Å². The highest BCUT2D eigenvalue weighted by Crippen LogP contribution is 2.49. The summed E-state index contributed by atoms with van der Waals surface area (Å²) in [6, 6.07) is 0. The maximum absolute atomic E-state index is 12.7. The van der Waals surface area contributed by atoms with E-state index in [1.165, 1.54) is 39.7 Å². The third-order valence-electron chi connectivity index (χ3n) is 11.8. The van der Waals surface area contributed by atoms with Crippen LogP contribution in [0.1, 0.15) is 159 Å². The molecule has 4 unspecified atom stereocenters. The van der Waals surface area contributed by atoms with E-state index < -0.39 is 23.0 Å². The molecular weight excluding hydrogens is 870 g/mol. The third-order valence-corrected chi connectivity index (χ3v) is 13.0. The van der Waals surface area contributed by atoms with E-state index in [1.807, 2.05) is 0 Å². The van der Waals surface area contributed by atoms with Crippen molar-refractivity contribution in [2.75, 3.05) is 6.51 Å². The van der Waals surface area contributed by atoms with Crippen molar-refractivity contribution in [3.05, 3.63) is 12.2 Å². The number of Topliss-reactive ketones (excluding diaryl/α,β-unsaturated/α-hetero) is 1. The summed E-state index contributed by atoms with van der Waals surface area (Å²) in [6.07, 6.45) is 12.6. The lowest BCUT2D eigenvalue weighted by atomic mass is 9.66. The Morgan fingerprint density at radius 2 is 1.27 bits per heavy atom. The van der Waals surface area contributed by atoms with Crippen LogP contribution in [-0.2, 0) is 57.2 Å². The summed E-state index contributed by atoms with van der Waals surface area (Å²) in [5.74, 6) is 0.616. The van der Waals surface area contributed by atoms with Crippen LogP contribution in [0.4, 0.5) is 0 Å². The Morgan fingerprint density at radius 1 is 0.763 bits per heavy atom. The zero-order valence-corrected chi connectivity index (χ0v) is 39.6. The molecule has 0 N–H and O–H groups in total. The minimum atomic E-state index is -0.877. The van der Waals surface area contributed by atoms with Crippen molar-refractivity contribution in [3.8, 4) is 0 Å². The first-order valence-electron chi connectivity index (χ1n) is 21.9. The van der Waals surface area contributed by atoms with Crippen molar-refractivity contribution in [3.63, 3.8) is 0 Å². The maximum atomic E-state index is 12.7. The summed E-state index contributed by atoms with van der Waals surface area (Å²) in [7, 11) is 0. The molecule has 0 amide bonds. The molecule has 4 aliphatic rings. The Kier molecular flexibility index (Phi) is 22.4. The number of hydrogen-bond donors (Lipinski definition) is 0. The van der Waals surface area contributed by atoms with Gasteiger partial charge in [0.05, 0.1) is 30.2 Å². The predicted octanol–water partition coefficient (Wildman–Crippen LogP) is 8.96. The van der Waals surface area contributed by atoms with E-state index in [9.17, 15) is 33.6 Å². The maximum Gasteiger partial charge on any atom is 0.307 e. The van der Waals surface area contributed by atoms with Gasteiger partial charge in [-0.1, -0.05) is 93.3 Å². The molecule has 8 atom stereocenters. The Bertz CT molecular complexity index is 1460. The largest absolute Gasteiger partial charge is 0.474 e. The number of carbonyl (C=O) groups excluding carboxylic acids is 7. The van der Waals surface area contributed by atoms with Crippen LogP contribution in [0.15, 0.2) is 12.2 Å². The molecular formula is C45H72BIO12. The van der Waals surface area contributed by atoms with Crippen molar-refractivity contribution in [1.29, 1.82) is 0 Å². The number of carbonyl (C=O) groups is 7. The van der Waals surface area contributed by atoms with Crippen molar-refractivity contribution < 1.29 is 57.2 Å². The molecule has 59 heavy (non-hydrogen) atoms. The first kappa shape index (κ1) is 52.4. The van der Waals surface area contributed by atoms with E-state index in [0.717, 1.165) is 32.0 Å². The number of rotatable bonds is 17. The van der Waals surface area contributed by atoms with Crippen LogP contribution in [-0.4, -0.2) is 76.9 Å². The molecule has 0 aromatic heterocycles. The van der Waals surface area contributed by atoms with E-state index in [4.69, 9.17) is 23.7 Å². The Balaban J connectivity index is 0.000000338. The highest BCUT2D eigenvalue weighted by atomic mass is 127. The smallest absolute Gasteiger partial charge is 0.307 e. The zero-order valence-electron chi connectivity index (χ0n) is 37.4. The summed E-state index contributed by atoms with van der Waals surface area (Å²) in [6.45, 7) is 19.9. The molecule has 2 aliphatic heterocycles. The molecule has 1 saturated carbocycles. The zero-order chi connectivity index (χ0) is 44.5. The molecule has 0 radical (unpaired) electrons. The van der Waals surface area contributed by atoms with Gasteiger partial charge in [-0.2, -0.15) is 0 Å². The standard InChI is InChI=1S/C20H32O5.C20H30O5.C5H10BIO2/c2*1-13(2)6-5-7-14(3)10-18-20(12-19(23)25-18)11-16(24-15(4)21)8-9-17(20)22;1-3-6(7)4-9-5(2)8/h13-14,16,18H,5-12H2,1-4H3;8-9,13-14,16,18H,5-7,10-12H2,1-4H3;3-4H2,1-2H3/t2*14?,16-,18-,20?;/m11./s1. The average molecular weight is 943 g/mol. The van der Waals surface area contributed by atoms with Gasteiger partial charge in [0.15, 0.2) is 5.78 Å². The second-order valence-corrected chi connectivity index (χ2v) is 20.0. The fourth-order valence-electron chi connectivity index (χ4n) is 8.57. The van der Waals surface area contributed by atoms with Crippen LogP contribution in [0.3, 0.4) is 0 Å². The molecule has 14 heteroatoms. The highest BCUT2D eigenvalue weighted by molar-refractivity contribution is 14.1. The van der Waals surface area contributed by atoms with Gasteiger partial charge in [-0.25, -0.2) is 0 Å². The van der Waals surface area contributed by atoms with Crippen LogP contribution in [0, 0.1) is 34.5 Å². The second kappa shape index (κ2) is 25.2. The monoisotopic (exact) mass is 942 g/mol. The molecule has 334 valence electrons. The number of esters is 5. The van der Waals surface area contributed by atoms with Gasteiger partial charge in [0.25, 0.3) is 4.57 Å². The van der Waals surface area contributed by atoms with E-state index in [0.29, 0.717) is 73.3 Å². The first-order chi connectivity index (χ1) is 27.6. The Hall–Kier alpha value is -2.78. The fourth-order valence-corrected chi connectivity index (χ4v) is 8.75. The molecule has 0 bridgehead atoms.